The van der Waals surface area contributed by atoms with E-state index in [0.717, 1.165) is 13.2 Å². The first kappa shape index (κ1) is 8.76. The van der Waals surface area contributed by atoms with Crippen LogP contribution in [0.2, 0.25) is 0 Å². The summed E-state index contributed by atoms with van der Waals surface area (Å²) in [4.78, 5) is 0. The van der Waals surface area contributed by atoms with E-state index in [-0.39, 0.29) is 0 Å². The van der Waals surface area contributed by atoms with E-state index < -0.39 is 0 Å². The van der Waals surface area contributed by atoms with Crippen LogP contribution in [0.15, 0.2) is 24.3 Å². The first-order valence-electron chi connectivity index (χ1n) is 4.94. The maximum Gasteiger partial charge on any atom is 0.0719 e. The van der Waals surface area contributed by atoms with Crippen LogP contribution < -0.4 is 0 Å². The van der Waals surface area contributed by atoms with Crippen LogP contribution in [0.5, 0.6) is 0 Å². The van der Waals surface area contributed by atoms with E-state index in [4.69, 9.17) is 4.74 Å². The molecule has 0 N–H and O–H groups in total. The lowest BCUT2D eigenvalue weighted by atomic mass is 9.85. The Balaban J connectivity index is 2.37. The fourth-order valence-corrected chi connectivity index (χ4v) is 1.96. The minimum atomic E-state index is 0.588. The van der Waals surface area contributed by atoms with Crippen LogP contribution in [0.4, 0.5) is 0 Å². The lowest BCUT2D eigenvalue weighted by Crippen LogP contribution is -2.20. The predicted octanol–water partition coefficient (Wildman–Crippen LogP) is 2.96. The van der Waals surface area contributed by atoms with Crippen molar-refractivity contribution in [3.8, 4) is 0 Å². The summed E-state index contributed by atoms with van der Waals surface area (Å²) in [5, 5.41) is 0. The summed E-state index contributed by atoms with van der Waals surface area (Å²) < 4.78 is 5.57. The molecule has 1 nitrogen and oxygen atoms in total. The monoisotopic (exact) mass is 176 g/mol. The number of hydrogen-bond acceptors (Lipinski definition) is 1. The molecule has 1 aliphatic heterocycles. The summed E-state index contributed by atoms with van der Waals surface area (Å²) in [6.07, 6.45) is 0. The molecule has 2 rings (SSSR count). The molecule has 1 heterocycles. The molecule has 0 aliphatic carbocycles. The van der Waals surface area contributed by atoms with Crippen molar-refractivity contribution in [1.29, 1.82) is 0 Å². The van der Waals surface area contributed by atoms with Crippen LogP contribution in [0.3, 0.4) is 0 Å². The third kappa shape index (κ3) is 1.61. The third-order valence-corrected chi connectivity index (χ3v) is 2.81. The van der Waals surface area contributed by atoms with Crippen molar-refractivity contribution in [2.24, 2.45) is 5.92 Å². The van der Waals surface area contributed by atoms with E-state index in [1.54, 1.807) is 0 Å². The van der Waals surface area contributed by atoms with E-state index in [9.17, 15) is 0 Å². The Labute approximate surface area is 79.7 Å². The van der Waals surface area contributed by atoms with Gasteiger partial charge in [-0.25, -0.2) is 0 Å². The van der Waals surface area contributed by atoms with Crippen molar-refractivity contribution in [3.05, 3.63) is 35.4 Å². The standard InChI is InChI=1S/C12H16O/c1-9(2)12-8-13-7-10-5-3-4-6-11(10)12/h3-6,9,12H,7-8H2,1-2H3. The molecule has 13 heavy (non-hydrogen) atoms. The van der Waals surface area contributed by atoms with E-state index in [1.165, 1.54) is 11.1 Å². The molecular formula is C12H16O. The zero-order chi connectivity index (χ0) is 9.26. The van der Waals surface area contributed by atoms with Crippen molar-refractivity contribution in [2.75, 3.05) is 6.61 Å². The summed E-state index contributed by atoms with van der Waals surface area (Å²) in [5.74, 6) is 1.26. The second-order valence-corrected chi connectivity index (χ2v) is 4.06. The largest absolute Gasteiger partial charge is 0.376 e. The zero-order valence-corrected chi connectivity index (χ0v) is 8.29. The van der Waals surface area contributed by atoms with E-state index in [0.29, 0.717) is 11.8 Å². The summed E-state index contributed by atoms with van der Waals surface area (Å²) in [5.41, 5.74) is 2.86. The van der Waals surface area contributed by atoms with Crippen molar-refractivity contribution in [3.63, 3.8) is 0 Å². The molecule has 0 radical (unpaired) electrons. The molecule has 0 bridgehead atoms. The Kier molecular flexibility index (Phi) is 2.36. The highest BCUT2D eigenvalue weighted by atomic mass is 16.5. The van der Waals surface area contributed by atoms with Gasteiger partial charge >= 0.3 is 0 Å². The molecule has 0 spiro atoms. The number of hydrogen-bond donors (Lipinski definition) is 0. The molecule has 1 heteroatoms. The summed E-state index contributed by atoms with van der Waals surface area (Å²) >= 11 is 0. The van der Waals surface area contributed by atoms with E-state index >= 15 is 0 Å². The molecule has 0 aromatic heterocycles. The maximum atomic E-state index is 5.57. The number of ether oxygens (including phenoxy) is 1. The summed E-state index contributed by atoms with van der Waals surface area (Å²) in [7, 11) is 0. The zero-order valence-electron chi connectivity index (χ0n) is 8.29. The lowest BCUT2D eigenvalue weighted by Gasteiger charge is -2.28. The molecule has 1 aromatic rings. The fraction of sp³-hybridized carbons (Fsp3) is 0.500. The molecule has 70 valence electrons. The Morgan fingerprint density at radius 1 is 1.31 bits per heavy atom. The quantitative estimate of drug-likeness (QED) is 0.639. The smallest absolute Gasteiger partial charge is 0.0719 e. The van der Waals surface area contributed by atoms with Crippen molar-refractivity contribution >= 4 is 0 Å². The van der Waals surface area contributed by atoms with Crippen LogP contribution in [-0.4, -0.2) is 6.61 Å². The molecule has 1 aliphatic rings. The Morgan fingerprint density at radius 3 is 2.85 bits per heavy atom. The van der Waals surface area contributed by atoms with Gasteiger partial charge in [0.2, 0.25) is 0 Å². The lowest BCUT2D eigenvalue weighted by molar-refractivity contribution is 0.0793. The highest BCUT2D eigenvalue weighted by Crippen LogP contribution is 2.31. The highest BCUT2D eigenvalue weighted by Gasteiger charge is 2.22. The Morgan fingerprint density at radius 2 is 2.08 bits per heavy atom. The van der Waals surface area contributed by atoms with Crippen LogP contribution in [0.1, 0.15) is 30.9 Å². The second-order valence-electron chi connectivity index (χ2n) is 4.06. The van der Waals surface area contributed by atoms with E-state index in [2.05, 4.69) is 38.1 Å². The van der Waals surface area contributed by atoms with Gasteiger partial charge in [-0.1, -0.05) is 38.1 Å². The van der Waals surface area contributed by atoms with Gasteiger partial charge in [0.25, 0.3) is 0 Å². The van der Waals surface area contributed by atoms with Gasteiger partial charge in [-0.05, 0) is 17.0 Å². The predicted molar refractivity (Wildman–Crippen MR) is 53.7 cm³/mol. The van der Waals surface area contributed by atoms with Crippen LogP contribution in [-0.2, 0) is 11.3 Å². The average Bonchev–Trinajstić information content (AvgIpc) is 2.17. The van der Waals surface area contributed by atoms with Gasteiger partial charge < -0.3 is 4.74 Å². The first-order chi connectivity index (χ1) is 6.29. The normalized spacial score (nSPS) is 21.6. The number of benzene rings is 1. The van der Waals surface area contributed by atoms with Crippen LogP contribution in [0.25, 0.3) is 0 Å². The third-order valence-electron chi connectivity index (χ3n) is 2.81. The average molecular weight is 176 g/mol. The van der Waals surface area contributed by atoms with Crippen LogP contribution >= 0.6 is 0 Å². The molecule has 0 saturated carbocycles. The van der Waals surface area contributed by atoms with Crippen molar-refractivity contribution in [2.45, 2.75) is 26.4 Å². The number of fused-ring (bicyclic) bond motifs is 1. The molecule has 1 aromatic carbocycles. The van der Waals surface area contributed by atoms with Gasteiger partial charge in [0, 0.05) is 5.92 Å². The minimum Gasteiger partial charge on any atom is -0.376 e. The van der Waals surface area contributed by atoms with Gasteiger partial charge in [-0.15, -0.1) is 0 Å². The molecular weight excluding hydrogens is 160 g/mol. The first-order valence-corrected chi connectivity index (χ1v) is 4.94. The maximum absolute atomic E-state index is 5.57. The van der Waals surface area contributed by atoms with Crippen LogP contribution in [0, 0.1) is 5.92 Å². The summed E-state index contributed by atoms with van der Waals surface area (Å²) in [6, 6.07) is 8.62. The topological polar surface area (TPSA) is 9.23 Å². The van der Waals surface area contributed by atoms with Gasteiger partial charge in [-0.3, -0.25) is 0 Å². The molecule has 0 amide bonds. The minimum absolute atomic E-state index is 0.588. The molecule has 0 saturated heterocycles. The summed E-state index contributed by atoms with van der Waals surface area (Å²) in [6.45, 7) is 6.19. The number of rotatable bonds is 1. The Bertz CT molecular complexity index is 291. The van der Waals surface area contributed by atoms with Crippen molar-refractivity contribution in [1.82, 2.24) is 0 Å². The fourth-order valence-electron chi connectivity index (χ4n) is 1.96. The second kappa shape index (κ2) is 3.51. The van der Waals surface area contributed by atoms with Gasteiger partial charge in [0.05, 0.1) is 13.2 Å². The Hall–Kier alpha value is -0.820. The molecule has 1 atom stereocenters. The van der Waals surface area contributed by atoms with Crippen molar-refractivity contribution < 1.29 is 4.74 Å². The van der Waals surface area contributed by atoms with E-state index in [1.807, 2.05) is 0 Å². The molecule has 0 fully saturated rings. The highest BCUT2D eigenvalue weighted by molar-refractivity contribution is 5.31. The SMILES string of the molecule is CC(C)C1COCc2ccccc21. The van der Waals surface area contributed by atoms with Gasteiger partial charge in [-0.2, -0.15) is 0 Å². The van der Waals surface area contributed by atoms with Gasteiger partial charge in [0.1, 0.15) is 0 Å². The van der Waals surface area contributed by atoms with Gasteiger partial charge in [0.15, 0.2) is 0 Å². The molecule has 1 unspecified atom stereocenters.